The molecule has 14 heteroatoms. The second kappa shape index (κ2) is 16.2. The molecule has 3 spiro atoms. The van der Waals surface area contributed by atoms with E-state index in [4.69, 9.17) is 33.2 Å². The zero-order valence-corrected chi connectivity index (χ0v) is 35.8. The predicted molar refractivity (Wildman–Crippen MR) is 214 cm³/mol. The van der Waals surface area contributed by atoms with Gasteiger partial charge in [-0.2, -0.15) is 0 Å². The molecule has 0 aromatic rings. The molecule has 8 aliphatic rings. The summed E-state index contributed by atoms with van der Waals surface area (Å²) in [6.07, 6.45) is 8.13. The van der Waals surface area contributed by atoms with E-state index in [1.165, 1.54) is 6.92 Å². The second-order valence-electron chi connectivity index (χ2n) is 19.7. The van der Waals surface area contributed by atoms with Crippen LogP contribution in [-0.2, 0) is 38.0 Å². The predicted octanol–water partition coefficient (Wildman–Crippen LogP) is 5.14. The number of ether oxygens (including phenoxy) is 7. The normalized spacial score (nSPS) is 49.3. The second-order valence-corrected chi connectivity index (χ2v) is 21.3. The topological polar surface area (TPSA) is 183 Å². The van der Waals surface area contributed by atoms with E-state index in [0.29, 0.717) is 50.0 Å². The molecule has 0 aromatic heterocycles. The maximum absolute atomic E-state index is 11.7. The summed E-state index contributed by atoms with van der Waals surface area (Å²) in [6.45, 7) is 14.8. The number of hydrogen-bond acceptors (Lipinski definition) is 13. The van der Waals surface area contributed by atoms with E-state index in [2.05, 4.69) is 46.4 Å². The highest BCUT2D eigenvalue weighted by atomic mass is 32.2. The smallest absolute Gasteiger partial charge is 0.335 e. The van der Waals surface area contributed by atoms with Crippen molar-refractivity contribution in [1.29, 1.82) is 0 Å². The first kappa shape index (κ1) is 43.5. The molecule has 0 saturated carbocycles. The number of aliphatic hydroxyl groups is 4. The van der Waals surface area contributed by atoms with Crippen molar-refractivity contribution in [2.45, 2.75) is 219 Å². The van der Waals surface area contributed by atoms with Crippen molar-refractivity contribution in [3.63, 3.8) is 0 Å². The summed E-state index contributed by atoms with van der Waals surface area (Å²) in [5.41, 5.74) is -1.52. The summed E-state index contributed by atoms with van der Waals surface area (Å²) in [5, 5.41) is 54.3. The summed E-state index contributed by atoms with van der Waals surface area (Å²) < 4.78 is 45.6. The average molecular weight is 837 g/mol. The Morgan fingerprint density at radius 3 is 2.50 bits per heavy atom. The lowest BCUT2D eigenvalue weighted by Crippen LogP contribution is -2.63. The minimum Gasteiger partial charge on any atom is -0.479 e. The standard InChI is InChI=1S/C44H68O13S/c1-24(32-23-41(6)38(58-41)44(55-32)33(46)12-11-29(54-44)22-40(5,50)39(48)49)9-10-28-14-18-43(53-28)19-15-31-37(57-43)34(47)27(4)36(52-31)30(45)21-26(3)35-25(2)13-17-42(56-35)16-7-8-20-51-42/h9-10,24-26,28-38,45-47,50H,4,7-8,11-23H2,1-3,5-6H3,(H,48,49)/t24-,25-,26+,28+,29+,30+,31-,32+,33-,34-,35+,36+,37-,38-,40-,41-,42+,43-,44+/m1/s1. The lowest BCUT2D eigenvalue weighted by molar-refractivity contribution is -0.350. The number of fused-ring (bicyclic) bond motifs is 3. The molecule has 8 rings (SSSR count). The van der Waals surface area contributed by atoms with Gasteiger partial charge in [-0.1, -0.05) is 39.5 Å². The Hall–Kier alpha value is -1.14. The molecular formula is C44H68O13S. The van der Waals surface area contributed by atoms with Gasteiger partial charge in [0.1, 0.15) is 24.4 Å². The van der Waals surface area contributed by atoms with E-state index in [-0.39, 0.29) is 46.6 Å². The van der Waals surface area contributed by atoms with E-state index >= 15 is 0 Å². The van der Waals surface area contributed by atoms with E-state index in [0.717, 1.165) is 51.6 Å². The first-order valence-electron chi connectivity index (χ1n) is 22.1. The minimum atomic E-state index is -1.95. The lowest BCUT2D eigenvalue weighted by atomic mass is 9.79. The molecule has 0 radical (unpaired) electrons. The Balaban J connectivity index is 0.852. The molecule has 0 aromatic carbocycles. The minimum absolute atomic E-state index is 0.0406. The van der Waals surface area contributed by atoms with E-state index in [1.807, 2.05) is 0 Å². The maximum Gasteiger partial charge on any atom is 0.335 e. The van der Waals surface area contributed by atoms with Gasteiger partial charge in [0.2, 0.25) is 5.79 Å². The number of hydrogen-bond donors (Lipinski definition) is 5. The third-order valence-corrected chi connectivity index (χ3v) is 16.7. The third-order valence-electron chi connectivity index (χ3n) is 14.9. The molecule has 5 N–H and O–H groups in total. The molecule has 8 heterocycles. The number of rotatable bonds is 10. The summed E-state index contributed by atoms with van der Waals surface area (Å²) in [7, 11) is 0. The SMILES string of the molecule is C=C1[C@@H](O)[C@@H]2O[C@]3(CC[C@H](C=C[C@@H](C)[C@@H]4C[C@@]5(C)S[C@H]5[C@@]5(O[C@H](C[C@@](C)(O)C(=O)O)CC[C@H]5O)O4)O3)CC[C@H]2O[C@@H]1[C@@H](O)C[C@H](C)[C@H]1O[C@@]2(CCCCO2)CC[C@H]1C. The van der Waals surface area contributed by atoms with Gasteiger partial charge in [-0.15, -0.1) is 11.8 Å². The number of carboxylic acids is 1. The fourth-order valence-electron chi connectivity index (χ4n) is 11.3. The van der Waals surface area contributed by atoms with Crippen LogP contribution in [-0.4, -0.2) is 132 Å². The monoisotopic (exact) mass is 836 g/mol. The summed E-state index contributed by atoms with van der Waals surface area (Å²) >= 11 is 1.72. The Bertz CT molecular complexity index is 1550. The number of carboxylic acid groups (broad SMARTS) is 1. The van der Waals surface area contributed by atoms with Gasteiger partial charge in [-0.3, -0.25) is 0 Å². The number of thioether (sulfide) groups is 1. The molecule has 0 bridgehead atoms. The van der Waals surface area contributed by atoms with Crippen molar-refractivity contribution in [1.82, 2.24) is 0 Å². The molecule has 8 saturated heterocycles. The van der Waals surface area contributed by atoms with E-state index in [1.54, 1.807) is 11.8 Å². The zero-order valence-electron chi connectivity index (χ0n) is 35.0. The molecule has 0 aliphatic carbocycles. The van der Waals surface area contributed by atoms with Crippen molar-refractivity contribution in [2.24, 2.45) is 17.8 Å². The Kier molecular flexibility index (Phi) is 12.2. The van der Waals surface area contributed by atoms with Crippen LogP contribution in [0.2, 0.25) is 0 Å². The molecule has 0 unspecified atom stereocenters. The van der Waals surface area contributed by atoms with Crippen LogP contribution in [0.1, 0.15) is 125 Å². The quantitative estimate of drug-likeness (QED) is 0.144. The number of aliphatic hydroxyl groups excluding tert-OH is 3. The van der Waals surface area contributed by atoms with Gasteiger partial charge in [0.15, 0.2) is 17.2 Å². The van der Waals surface area contributed by atoms with Crippen LogP contribution in [0, 0.1) is 17.8 Å². The van der Waals surface area contributed by atoms with Gasteiger partial charge < -0.3 is 58.7 Å². The van der Waals surface area contributed by atoms with Crippen LogP contribution in [0.25, 0.3) is 0 Å². The highest BCUT2D eigenvalue weighted by Gasteiger charge is 2.72. The summed E-state index contributed by atoms with van der Waals surface area (Å²) in [6, 6.07) is 0. The highest BCUT2D eigenvalue weighted by Crippen LogP contribution is 2.67. The van der Waals surface area contributed by atoms with E-state index in [9.17, 15) is 30.3 Å². The van der Waals surface area contributed by atoms with Crippen molar-refractivity contribution in [3.8, 4) is 0 Å². The van der Waals surface area contributed by atoms with Crippen LogP contribution >= 0.6 is 11.8 Å². The van der Waals surface area contributed by atoms with Gasteiger partial charge in [-0.25, -0.2) is 4.79 Å². The van der Waals surface area contributed by atoms with Gasteiger partial charge in [0.05, 0.1) is 48.5 Å². The molecule has 8 aliphatic heterocycles. The first-order chi connectivity index (χ1) is 27.4. The lowest BCUT2D eigenvalue weighted by Gasteiger charge is -2.50. The van der Waals surface area contributed by atoms with Crippen molar-refractivity contribution < 1.29 is 63.5 Å². The van der Waals surface area contributed by atoms with Crippen LogP contribution in [0.15, 0.2) is 24.3 Å². The Morgan fingerprint density at radius 1 is 1.00 bits per heavy atom. The third kappa shape index (κ3) is 8.25. The van der Waals surface area contributed by atoms with Gasteiger partial charge in [-0.05, 0) is 89.0 Å². The largest absolute Gasteiger partial charge is 0.479 e. The van der Waals surface area contributed by atoms with Gasteiger partial charge >= 0.3 is 5.97 Å². The number of aliphatic carboxylic acids is 1. The fourth-order valence-corrected chi connectivity index (χ4v) is 12.7. The van der Waals surface area contributed by atoms with Crippen molar-refractivity contribution in [3.05, 3.63) is 24.3 Å². The van der Waals surface area contributed by atoms with E-state index < -0.39 is 71.7 Å². The maximum atomic E-state index is 11.7. The molecule has 19 atom stereocenters. The van der Waals surface area contributed by atoms with Gasteiger partial charge in [0, 0.05) is 42.8 Å². The molecule has 0 amide bonds. The number of carbonyl (C=O) groups is 1. The summed E-state index contributed by atoms with van der Waals surface area (Å²) in [4.78, 5) is 11.7. The zero-order chi connectivity index (χ0) is 41.4. The van der Waals surface area contributed by atoms with Crippen LogP contribution in [0.4, 0.5) is 0 Å². The highest BCUT2D eigenvalue weighted by molar-refractivity contribution is 8.08. The molecule has 328 valence electrons. The van der Waals surface area contributed by atoms with Crippen molar-refractivity contribution in [2.75, 3.05) is 6.61 Å². The molecule has 13 nitrogen and oxygen atoms in total. The van der Waals surface area contributed by atoms with Gasteiger partial charge in [0.25, 0.3) is 0 Å². The molecule has 8 fully saturated rings. The summed E-state index contributed by atoms with van der Waals surface area (Å²) in [5.74, 6) is -3.61. The van der Waals surface area contributed by atoms with Crippen molar-refractivity contribution >= 4 is 17.7 Å². The van der Waals surface area contributed by atoms with Crippen LogP contribution < -0.4 is 0 Å². The Labute approximate surface area is 347 Å². The van der Waals surface area contributed by atoms with Crippen LogP contribution in [0.3, 0.4) is 0 Å². The Morgan fingerprint density at radius 2 is 1.76 bits per heavy atom. The fraction of sp³-hybridized carbons (Fsp3) is 0.886. The first-order valence-corrected chi connectivity index (χ1v) is 23.0. The molecule has 58 heavy (non-hydrogen) atoms. The van der Waals surface area contributed by atoms with Crippen LogP contribution in [0.5, 0.6) is 0 Å². The molecular weight excluding hydrogens is 769 g/mol. The average Bonchev–Trinajstić information content (AvgIpc) is 3.74.